The average Bonchev–Trinajstić information content (AvgIpc) is 3.27. The van der Waals surface area contributed by atoms with Gasteiger partial charge in [-0.3, -0.25) is 14.4 Å². The van der Waals surface area contributed by atoms with Gasteiger partial charge in [-0.15, -0.1) is 11.3 Å². The van der Waals surface area contributed by atoms with Crippen LogP contribution in [0.5, 0.6) is 11.5 Å². The Hall–Kier alpha value is -2.87. The lowest BCUT2D eigenvalue weighted by molar-refractivity contribution is -0.141. The van der Waals surface area contributed by atoms with E-state index in [1.54, 1.807) is 29.6 Å². The molecule has 0 saturated heterocycles. The van der Waals surface area contributed by atoms with Crippen molar-refractivity contribution in [2.75, 3.05) is 19.9 Å². The van der Waals surface area contributed by atoms with E-state index >= 15 is 0 Å². The molecule has 7 nitrogen and oxygen atoms in total. The maximum atomic E-state index is 12.0. The number of esters is 1. The molecule has 1 aromatic carbocycles. The van der Waals surface area contributed by atoms with Crippen LogP contribution < -0.4 is 14.8 Å². The molecule has 1 aliphatic rings. The number of hydrogen-bond acceptors (Lipinski definition) is 7. The number of thiophene rings is 1. The number of nitrogens with one attached hydrogen (secondary N) is 1. The van der Waals surface area contributed by atoms with Crippen LogP contribution in [-0.2, 0) is 9.53 Å². The van der Waals surface area contributed by atoms with Crippen molar-refractivity contribution in [1.82, 2.24) is 5.32 Å². The maximum absolute atomic E-state index is 12.0. The third-order valence-electron chi connectivity index (χ3n) is 3.19. The van der Waals surface area contributed by atoms with Crippen molar-refractivity contribution >= 4 is 29.0 Å². The molecule has 0 fully saturated rings. The van der Waals surface area contributed by atoms with Crippen LogP contribution >= 0.6 is 11.3 Å². The molecular weight excluding hydrogens is 334 g/mol. The molecule has 3 rings (SSSR count). The normalized spacial score (nSPS) is 11.8. The third kappa shape index (κ3) is 3.72. The fourth-order valence-electron chi connectivity index (χ4n) is 2.00. The van der Waals surface area contributed by atoms with Gasteiger partial charge in [-0.25, -0.2) is 0 Å². The van der Waals surface area contributed by atoms with Gasteiger partial charge in [0.15, 0.2) is 18.1 Å². The van der Waals surface area contributed by atoms with Gasteiger partial charge in [-0.05, 0) is 29.6 Å². The predicted octanol–water partition coefficient (Wildman–Crippen LogP) is 1.63. The summed E-state index contributed by atoms with van der Waals surface area (Å²) in [6.07, 6.45) is 0. The van der Waals surface area contributed by atoms with Crippen LogP contribution in [0.3, 0.4) is 0 Å². The number of hydrogen-bond donors (Lipinski definition) is 1. The Morgan fingerprint density at radius 1 is 1.17 bits per heavy atom. The average molecular weight is 347 g/mol. The zero-order chi connectivity index (χ0) is 16.9. The molecule has 0 bridgehead atoms. The summed E-state index contributed by atoms with van der Waals surface area (Å²) >= 11 is 1.28. The molecule has 0 aliphatic carbocycles. The molecule has 1 aliphatic heterocycles. The highest BCUT2D eigenvalue weighted by Crippen LogP contribution is 2.32. The number of fused-ring (bicyclic) bond motifs is 1. The zero-order valence-electron chi connectivity index (χ0n) is 12.4. The summed E-state index contributed by atoms with van der Waals surface area (Å²) in [7, 11) is 0. The lowest BCUT2D eigenvalue weighted by atomic mass is 10.2. The van der Waals surface area contributed by atoms with E-state index in [1.165, 1.54) is 17.4 Å². The summed E-state index contributed by atoms with van der Waals surface area (Å²) in [6.45, 7) is -0.560. The first-order chi connectivity index (χ1) is 11.6. The monoisotopic (exact) mass is 347 g/mol. The number of benzene rings is 1. The van der Waals surface area contributed by atoms with Gasteiger partial charge in [0.2, 0.25) is 12.6 Å². The lowest BCUT2D eigenvalue weighted by Gasteiger charge is -2.06. The van der Waals surface area contributed by atoms with Crippen molar-refractivity contribution in [3.05, 3.63) is 46.2 Å². The van der Waals surface area contributed by atoms with E-state index in [4.69, 9.17) is 14.2 Å². The van der Waals surface area contributed by atoms with Crippen molar-refractivity contribution < 1.29 is 28.6 Å². The first kappa shape index (κ1) is 16.0. The van der Waals surface area contributed by atoms with E-state index in [1.807, 2.05) is 0 Å². The molecule has 24 heavy (non-hydrogen) atoms. The summed E-state index contributed by atoms with van der Waals surface area (Å²) in [4.78, 5) is 35.8. The Balaban J connectivity index is 1.45. The largest absolute Gasteiger partial charge is 0.456 e. The van der Waals surface area contributed by atoms with Crippen molar-refractivity contribution in [3.8, 4) is 11.5 Å². The van der Waals surface area contributed by atoms with E-state index in [-0.39, 0.29) is 25.7 Å². The van der Waals surface area contributed by atoms with Crippen LogP contribution in [0.4, 0.5) is 0 Å². The second-order valence-corrected chi connectivity index (χ2v) is 5.76. The smallest absolute Gasteiger partial charge is 0.325 e. The number of ether oxygens (including phenoxy) is 3. The minimum Gasteiger partial charge on any atom is -0.456 e. The van der Waals surface area contributed by atoms with Gasteiger partial charge < -0.3 is 19.5 Å². The van der Waals surface area contributed by atoms with Crippen LogP contribution in [-0.4, -0.2) is 37.6 Å². The van der Waals surface area contributed by atoms with Gasteiger partial charge in [-0.2, -0.15) is 0 Å². The van der Waals surface area contributed by atoms with Gasteiger partial charge in [0.25, 0.3) is 5.91 Å². The summed E-state index contributed by atoms with van der Waals surface area (Å²) < 4.78 is 15.2. The highest BCUT2D eigenvalue weighted by Gasteiger charge is 2.17. The first-order valence-corrected chi connectivity index (χ1v) is 7.91. The Kier molecular flexibility index (Phi) is 4.76. The second-order valence-electron chi connectivity index (χ2n) is 4.81. The minimum absolute atomic E-state index is 0.116. The molecule has 124 valence electrons. The van der Waals surface area contributed by atoms with Crippen LogP contribution in [0.2, 0.25) is 0 Å². The number of Topliss-reactive ketones (excluding diaryl/α,β-unsaturated/α-hetero) is 1. The van der Waals surface area contributed by atoms with Crippen LogP contribution in [0, 0.1) is 0 Å². The Bertz CT molecular complexity index is 771. The molecule has 0 unspecified atom stereocenters. The molecule has 1 aromatic heterocycles. The van der Waals surface area contributed by atoms with Gasteiger partial charge >= 0.3 is 5.97 Å². The number of carbonyl (C=O) groups is 3. The minimum atomic E-state index is -0.686. The number of rotatable bonds is 6. The number of amides is 1. The highest BCUT2D eigenvalue weighted by atomic mass is 32.1. The highest BCUT2D eigenvalue weighted by molar-refractivity contribution is 7.12. The molecule has 2 heterocycles. The predicted molar refractivity (Wildman–Crippen MR) is 84.5 cm³/mol. The Morgan fingerprint density at radius 3 is 2.79 bits per heavy atom. The van der Waals surface area contributed by atoms with Crippen molar-refractivity contribution in [2.24, 2.45) is 0 Å². The van der Waals surface area contributed by atoms with Gasteiger partial charge in [0.05, 0.1) is 4.88 Å². The zero-order valence-corrected chi connectivity index (χ0v) is 13.3. The Labute approximate surface area is 141 Å². The maximum Gasteiger partial charge on any atom is 0.325 e. The third-order valence-corrected chi connectivity index (χ3v) is 4.10. The van der Waals surface area contributed by atoms with E-state index in [0.29, 0.717) is 21.9 Å². The molecule has 0 saturated carbocycles. The van der Waals surface area contributed by atoms with Crippen LogP contribution in [0.25, 0.3) is 0 Å². The Morgan fingerprint density at radius 2 is 2.00 bits per heavy atom. The molecule has 1 N–H and O–H groups in total. The molecule has 0 radical (unpaired) electrons. The fourth-order valence-corrected chi connectivity index (χ4v) is 2.65. The summed E-state index contributed by atoms with van der Waals surface area (Å²) in [5.41, 5.74) is 0.335. The SMILES string of the molecule is O=C(CNC(=O)c1ccc2c(c1)OCO2)OCC(=O)c1cccs1. The van der Waals surface area contributed by atoms with Gasteiger partial charge in [-0.1, -0.05) is 6.07 Å². The quantitative estimate of drug-likeness (QED) is 0.631. The topological polar surface area (TPSA) is 90.9 Å². The molecule has 0 atom stereocenters. The van der Waals surface area contributed by atoms with Crippen molar-refractivity contribution in [1.29, 1.82) is 0 Å². The number of carbonyl (C=O) groups excluding carboxylic acids is 3. The lowest BCUT2D eigenvalue weighted by Crippen LogP contribution is -2.31. The van der Waals surface area contributed by atoms with Crippen molar-refractivity contribution in [3.63, 3.8) is 0 Å². The van der Waals surface area contributed by atoms with E-state index in [9.17, 15) is 14.4 Å². The second kappa shape index (κ2) is 7.14. The summed E-state index contributed by atoms with van der Waals surface area (Å²) in [6, 6.07) is 8.11. The van der Waals surface area contributed by atoms with Crippen LogP contribution in [0.1, 0.15) is 20.0 Å². The fraction of sp³-hybridized carbons (Fsp3) is 0.188. The van der Waals surface area contributed by atoms with Gasteiger partial charge in [0.1, 0.15) is 6.54 Å². The van der Waals surface area contributed by atoms with Crippen molar-refractivity contribution in [2.45, 2.75) is 0 Å². The van der Waals surface area contributed by atoms with E-state index in [2.05, 4.69) is 5.32 Å². The molecule has 1 amide bonds. The number of ketones is 1. The molecular formula is C16H13NO6S. The molecule has 2 aromatic rings. The standard InChI is InChI=1S/C16H13NO6S/c18-11(14-2-1-5-24-14)8-21-15(19)7-17-16(20)10-3-4-12-13(6-10)23-9-22-12/h1-6H,7-9H2,(H,17,20). The van der Waals surface area contributed by atoms with E-state index < -0.39 is 11.9 Å². The first-order valence-electron chi connectivity index (χ1n) is 7.03. The summed E-state index contributed by atoms with van der Waals surface area (Å²) in [5.74, 6) is -0.367. The van der Waals surface area contributed by atoms with Gasteiger partial charge in [0, 0.05) is 5.56 Å². The molecule has 8 heteroatoms. The molecule has 0 spiro atoms. The van der Waals surface area contributed by atoms with E-state index in [0.717, 1.165) is 0 Å². The van der Waals surface area contributed by atoms with Crippen LogP contribution in [0.15, 0.2) is 35.7 Å². The summed E-state index contributed by atoms with van der Waals surface area (Å²) in [5, 5.41) is 4.19.